The first-order chi connectivity index (χ1) is 14.0. The molecular weight excluding hydrogens is 391 g/mol. The van der Waals surface area contributed by atoms with Crippen molar-refractivity contribution in [3.8, 4) is 0 Å². The SMILES string of the molecule is Cc1cc(Cc2ccc(F)cc2)c(=O)n2nc(C(=O)NCc3ccncc3)sc12. The van der Waals surface area contributed by atoms with Crippen molar-refractivity contribution in [3.63, 3.8) is 0 Å². The number of aryl methyl sites for hydroxylation is 1. The number of hydrogen-bond donors (Lipinski definition) is 1. The van der Waals surface area contributed by atoms with Crippen LogP contribution in [0.3, 0.4) is 0 Å². The second kappa shape index (κ2) is 7.92. The Morgan fingerprint density at radius 3 is 2.59 bits per heavy atom. The fourth-order valence-electron chi connectivity index (χ4n) is 3.00. The highest BCUT2D eigenvalue weighted by molar-refractivity contribution is 7.19. The number of hydrogen-bond acceptors (Lipinski definition) is 5. The van der Waals surface area contributed by atoms with Crippen LogP contribution >= 0.6 is 11.3 Å². The summed E-state index contributed by atoms with van der Waals surface area (Å²) in [7, 11) is 0. The van der Waals surface area contributed by atoms with E-state index < -0.39 is 0 Å². The Hall–Kier alpha value is -3.39. The minimum atomic E-state index is -0.339. The van der Waals surface area contributed by atoms with Gasteiger partial charge in [-0.15, -0.1) is 5.10 Å². The Balaban J connectivity index is 1.60. The van der Waals surface area contributed by atoms with Crippen molar-refractivity contribution < 1.29 is 9.18 Å². The second-order valence-electron chi connectivity index (χ2n) is 6.62. The smallest absolute Gasteiger partial charge is 0.282 e. The molecule has 0 radical (unpaired) electrons. The quantitative estimate of drug-likeness (QED) is 0.551. The number of nitrogens with zero attached hydrogens (tertiary/aromatic N) is 3. The number of carbonyl (C=O) groups is 1. The largest absolute Gasteiger partial charge is 0.346 e. The van der Waals surface area contributed by atoms with Crippen molar-refractivity contribution in [2.75, 3.05) is 0 Å². The first kappa shape index (κ1) is 18.9. The molecule has 8 heteroatoms. The molecule has 0 unspecified atom stereocenters. The van der Waals surface area contributed by atoms with Crippen LogP contribution in [0, 0.1) is 12.7 Å². The van der Waals surface area contributed by atoms with E-state index in [4.69, 9.17) is 0 Å². The minimum absolute atomic E-state index is 0.221. The van der Waals surface area contributed by atoms with Crippen molar-refractivity contribution in [3.05, 3.63) is 98.3 Å². The third-order valence-corrected chi connectivity index (χ3v) is 5.62. The van der Waals surface area contributed by atoms with E-state index >= 15 is 0 Å². The number of nitrogens with one attached hydrogen (secondary N) is 1. The van der Waals surface area contributed by atoms with Crippen molar-refractivity contribution in [1.82, 2.24) is 19.9 Å². The molecule has 0 spiro atoms. The third-order valence-electron chi connectivity index (χ3n) is 4.48. The van der Waals surface area contributed by atoms with Gasteiger partial charge in [0.05, 0.1) is 0 Å². The van der Waals surface area contributed by atoms with Crippen molar-refractivity contribution in [2.24, 2.45) is 0 Å². The van der Waals surface area contributed by atoms with Crippen molar-refractivity contribution in [2.45, 2.75) is 19.9 Å². The summed E-state index contributed by atoms with van der Waals surface area (Å²) in [6.07, 6.45) is 3.68. The first-order valence-corrected chi connectivity index (χ1v) is 9.77. The van der Waals surface area contributed by atoms with Crippen molar-refractivity contribution in [1.29, 1.82) is 0 Å². The molecule has 29 heavy (non-hydrogen) atoms. The number of halogens is 1. The van der Waals surface area contributed by atoms with E-state index in [2.05, 4.69) is 15.4 Å². The minimum Gasteiger partial charge on any atom is -0.346 e. The number of pyridine rings is 2. The number of fused-ring (bicyclic) bond motifs is 1. The normalized spacial score (nSPS) is 11.0. The molecule has 0 bridgehead atoms. The molecule has 4 rings (SSSR count). The Morgan fingerprint density at radius 2 is 1.86 bits per heavy atom. The number of amides is 1. The van der Waals surface area contributed by atoms with E-state index in [0.717, 1.165) is 16.7 Å². The van der Waals surface area contributed by atoms with E-state index in [9.17, 15) is 14.0 Å². The highest BCUT2D eigenvalue weighted by atomic mass is 32.1. The maximum absolute atomic E-state index is 13.1. The number of carbonyl (C=O) groups excluding carboxylic acids is 1. The molecule has 0 saturated heterocycles. The highest BCUT2D eigenvalue weighted by Crippen LogP contribution is 2.19. The average Bonchev–Trinajstić information content (AvgIpc) is 3.19. The molecule has 0 aliphatic rings. The average molecular weight is 408 g/mol. The van der Waals surface area contributed by atoms with E-state index in [1.807, 2.05) is 19.1 Å². The van der Waals surface area contributed by atoms with Gasteiger partial charge in [-0.2, -0.15) is 4.52 Å². The number of benzene rings is 1. The van der Waals surface area contributed by atoms with Gasteiger partial charge in [-0.1, -0.05) is 23.5 Å². The Labute approximate surface area is 169 Å². The van der Waals surface area contributed by atoms with Crippen LogP contribution in [0.5, 0.6) is 0 Å². The number of aromatic nitrogens is 3. The van der Waals surface area contributed by atoms with Gasteiger partial charge in [0, 0.05) is 30.9 Å². The topological polar surface area (TPSA) is 76.4 Å². The highest BCUT2D eigenvalue weighted by Gasteiger charge is 2.17. The van der Waals surface area contributed by atoms with E-state index in [1.54, 1.807) is 30.6 Å². The van der Waals surface area contributed by atoms with Gasteiger partial charge in [0.2, 0.25) is 5.01 Å². The zero-order chi connectivity index (χ0) is 20.4. The van der Waals surface area contributed by atoms with Crippen LogP contribution in [0.4, 0.5) is 4.39 Å². The summed E-state index contributed by atoms with van der Waals surface area (Å²) in [5.41, 5.74) is 2.87. The van der Waals surface area contributed by atoms with Gasteiger partial charge >= 0.3 is 0 Å². The fraction of sp³-hybridized carbons (Fsp3) is 0.143. The monoisotopic (exact) mass is 408 g/mol. The zero-order valence-electron chi connectivity index (χ0n) is 15.6. The van der Waals surface area contributed by atoms with E-state index in [-0.39, 0.29) is 22.3 Å². The standard InChI is InChI=1S/C21H17FN4O2S/c1-13-10-16(11-14-2-4-17(22)5-3-14)20(28)26-21(13)29-19(25-26)18(27)24-12-15-6-8-23-9-7-15/h2-10H,11-12H2,1H3,(H,24,27). The fourth-order valence-corrected chi connectivity index (χ4v) is 3.90. The van der Waals surface area contributed by atoms with Gasteiger partial charge in [-0.05, 0) is 53.9 Å². The lowest BCUT2D eigenvalue weighted by Crippen LogP contribution is -2.24. The summed E-state index contributed by atoms with van der Waals surface area (Å²) in [6.45, 7) is 2.22. The molecule has 1 amide bonds. The molecule has 0 saturated carbocycles. The lowest BCUT2D eigenvalue weighted by molar-refractivity contribution is 0.0949. The van der Waals surface area contributed by atoms with Crippen LogP contribution in [0.1, 0.15) is 32.1 Å². The summed E-state index contributed by atoms with van der Waals surface area (Å²) in [4.78, 5) is 29.9. The maximum Gasteiger partial charge on any atom is 0.282 e. The lowest BCUT2D eigenvalue weighted by atomic mass is 10.1. The Bertz CT molecular complexity index is 1230. The molecule has 3 heterocycles. The molecule has 6 nitrogen and oxygen atoms in total. The molecule has 146 valence electrons. The van der Waals surface area contributed by atoms with Gasteiger partial charge in [0.1, 0.15) is 10.6 Å². The van der Waals surface area contributed by atoms with Crippen LogP contribution in [0.25, 0.3) is 4.83 Å². The second-order valence-corrected chi connectivity index (χ2v) is 7.60. The molecule has 0 aliphatic carbocycles. The number of rotatable bonds is 5. The van der Waals surface area contributed by atoms with Crippen LogP contribution in [0.2, 0.25) is 0 Å². The summed E-state index contributed by atoms with van der Waals surface area (Å²) in [5.74, 6) is -0.659. The van der Waals surface area contributed by atoms with Crippen LogP contribution in [-0.4, -0.2) is 20.5 Å². The first-order valence-electron chi connectivity index (χ1n) is 8.95. The van der Waals surface area contributed by atoms with E-state index in [0.29, 0.717) is 23.4 Å². The third kappa shape index (κ3) is 4.07. The van der Waals surface area contributed by atoms with Gasteiger partial charge in [-0.3, -0.25) is 14.6 Å². The summed E-state index contributed by atoms with van der Waals surface area (Å²) >= 11 is 1.18. The summed E-state index contributed by atoms with van der Waals surface area (Å²) < 4.78 is 14.4. The van der Waals surface area contributed by atoms with Crippen LogP contribution in [-0.2, 0) is 13.0 Å². The van der Waals surface area contributed by atoms with Gasteiger partial charge in [0.15, 0.2) is 0 Å². The van der Waals surface area contributed by atoms with Crippen LogP contribution in [0.15, 0.2) is 59.7 Å². The predicted octanol–water partition coefficient (Wildman–Crippen LogP) is 3.12. The molecular formula is C21H17FN4O2S. The Morgan fingerprint density at radius 1 is 1.14 bits per heavy atom. The summed E-state index contributed by atoms with van der Waals surface area (Å²) in [6, 6.07) is 11.5. The Kier molecular flexibility index (Phi) is 5.18. The molecule has 0 aliphatic heterocycles. The summed E-state index contributed by atoms with van der Waals surface area (Å²) in [5, 5.41) is 7.27. The molecule has 0 atom stereocenters. The molecule has 1 N–H and O–H groups in total. The molecule has 4 aromatic rings. The van der Waals surface area contributed by atoms with Crippen LogP contribution < -0.4 is 10.9 Å². The molecule has 3 aromatic heterocycles. The van der Waals surface area contributed by atoms with Gasteiger partial charge in [0.25, 0.3) is 11.5 Å². The van der Waals surface area contributed by atoms with Gasteiger partial charge < -0.3 is 5.32 Å². The predicted molar refractivity (Wildman–Crippen MR) is 109 cm³/mol. The van der Waals surface area contributed by atoms with Crippen molar-refractivity contribution >= 4 is 22.1 Å². The maximum atomic E-state index is 13.1. The van der Waals surface area contributed by atoms with E-state index in [1.165, 1.54) is 28.0 Å². The lowest BCUT2D eigenvalue weighted by Gasteiger charge is -2.04. The zero-order valence-corrected chi connectivity index (χ0v) is 16.4. The molecule has 0 fully saturated rings. The van der Waals surface area contributed by atoms with Gasteiger partial charge in [-0.25, -0.2) is 4.39 Å². The molecule has 1 aromatic carbocycles.